The number of amides is 2. The van der Waals surface area contributed by atoms with Crippen molar-refractivity contribution < 1.29 is 14.0 Å². The zero-order valence-electron chi connectivity index (χ0n) is 12.1. The van der Waals surface area contributed by atoms with Crippen LogP contribution in [0.1, 0.15) is 17.3 Å². The van der Waals surface area contributed by atoms with Crippen LogP contribution in [0.5, 0.6) is 0 Å². The molecule has 2 amide bonds. The van der Waals surface area contributed by atoms with E-state index >= 15 is 0 Å². The van der Waals surface area contributed by atoms with Gasteiger partial charge in [0.05, 0.1) is 11.4 Å². The zero-order chi connectivity index (χ0) is 16.3. The molecule has 2 rings (SSSR count). The number of carbonyl (C=O) groups is 2. The van der Waals surface area contributed by atoms with E-state index in [1.807, 2.05) is 0 Å². The third kappa shape index (κ3) is 3.71. The van der Waals surface area contributed by atoms with Crippen molar-refractivity contribution in [1.29, 1.82) is 0 Å². The number of halogens is 2. The van der Waals surface area contributed by atoms with E-state index in [1.54, 1.807) is 31.3 Å². The van der Waals surface area contributed by atoms with Gasteiger partial charge in [0.15, 0.2) is 0 Å². The maximum absolute atomic E-state index is 13.5. The molecule has 0 aliphatic rings. The summed E-state index contributed by atoms with van der Waals surface area (Å²) in [6.07, 6.45) is 0. The first-order valence-electron chi connectivity index (χ1n) is 6.49. The summed E-state index contributed by atoms with van der Waals surface area (Å²) in [6.45, 7) is 1.39. The van der Waals surface area contributed by atoms with Gasteiger partial charge in [0.2, 0.25) is 5.91 Å². The number of nitrogens with one attached hydrogen (secondary N) is 1. The predicted octanol–water partition coefficient (Wildman–Crippen LogP) is 3.82. The van der Waals surface area contributed by atoms with Crippen LogP contribution in [0, 0.1) is 5.82 Å². The minimum atomic E-state index is -0.494. The fourth-order valence-corrected chi connectivity index (χ4v) is 2.13. The van der Waals surface area contributed by atoms with Gasteiger partial charge in [-0.05, 0) is 42.5 Å². The molecule has 0 atom stereocenters. The molecule has 6 heteroatoms. The van der Waals surface area contributed by atoms with Crippen LogP contribution in [0.15, 0.2) is 46.9 Å². The average Bonchev–Trinajstić information content (AvgIpc) is 2.47. The van der Waals surface area contributed by atoms with Gasteiger partial charge < -0.3 is 10.2 Å². The Bertz CT molecular complexity index is 717. The minimum absolute atomic E-state index is 0.217. The molecule has 22 heavy (non-hydrogen) atoms. The number of nitrogens with zero attached hydrogens (tertiary/aromatic N) is 1. The Kier molecular flexibility index (Phi) is 4.92. The SMILES string of the molecule is CC(=O)N(C)c1ccc(F)cc1NC(=O)c1ccc(Br)cc1. The van der Waals surface area contributed by atoms with Crippen molar-refractivity contribution in [2.24, 2.45) is 0 Å². The summed E-state index contributed by atoms with van der Waals surface area (Å²) in [6, 6.07) is 10.6. The van der Waals surface area contributed by atoms with Crippen molar-refractivity contribution in [3.8, 4) is 0 Å². The van der Waals surface area contributed by atoms with Gasteiger partial charge >= 0.3 is 0 Å². The molecule has 1 N–H and O–H groups in total. The second kappa shape index (κ2) is 6.70. The fourth-order valence-electron chi connectivity index (χ4n) is 1.87. The maximum Gasteiger partial charge on any atom is 0.255 e. The second-order valence-corrected chi connectivity index (χ2v) is 5.62. The lowest BCUT2D eigenvalue weighted by Crippen LogP contribution is -2.25. The van der Waals surface area contributed by atoms with Crippen LogP contribution in [-0.2, 0) is 4.79 Å². The topological polar surface area (TPSA) is 49.4 Å². The number of hydrogen-bond acceptors (Lipinski definition) is 2. The van der Waals surface area contributed by atoms with Gasteiger partial charge in [-0.1, -0.05) is 15.9 Å². The van der Waals surface area contributed by atoms with Gasteiger partial charge in [0.1, 0.15) is 5.82 Å². The Morgan fingerprint density at radius 1 is 1.14 bits per heavy atom. The van der Waals surface area contributed by atoms with Crippen LogP contribution in [0.3, 0.4) is 0 Å². The van der Waals surface area contributed by atoms with Crippen LogP contribution in [-0.4, -0.2) is 18.9 Å². The normalized spacial score (nSPS) is 10.2. The Labute approximate surface area is 136 Å². The molecule has 0 radical (unpaired) electrons. The Hall–Kier alpha value is -2.21. The molecule has 0 saturated heterocycles. The number of anilines is 2. The van der Waals surface area contributed by atoms with Gasteiger partial charge in [-0.15, -0.1) is 0 Å². The first kappa shape index (κ1) is 16.2. The van der Waals surface area contributed by atoms with Gasteiger partial charge in [-0.25, -0.2) is 4.39 Å². The van der Waals surface area contributed by atoms with Gasteiger partial charge in [-0.2, -0.15) is 0 Å². The van der Waals surface area contributed by atoms with E-state index in [0.29, 0.717) is 11.3 Å². The van der Waals surface area contributed by atoms with Gasteiger partial charge in [0, 0.05) is 24.0 Å². The van der Waals surface area contributed by atoms with Crippen molar-refractivity contribution in [3.05, 3.63) is 58.3 Å². The highest BCUT2D eigenvalue weighted by Crippen LogP contribution is 2.27. The van der Waals surface area contributed by atoms with E-state index in [1.165, 1.54) is 30.0 Å². The third-order valence-electron chi connectivity index (χ3n) is 3.15. The van der Waals surface area contributed by atoms with Crippen molar-refractivity contribution in [3.63, 3.8) is 0 Å². The second-order valence-electron chi connectivity index (χ2n) is 4.70. The highest BCUT2D eigenvalue weighted by atomic mass is 79.9. The molecule has 0 aliphatic carbocycles. The zero-order valence-corrected chi connectivity index (χ0v) is 13.6. The lowest BCUT2D eigenvalue weighted by atomic mass is 10.2. The Balaban J connectivity index is 2.32. The van der Waals surface area contributed by atoms with Gasteiger partial charge in [0.25, 0.3) is 5.91 Å². The van der Waals surface area contributed by atoms with Crippen LogP contribution < -0.4 is 10.2 Å². The van der Waals surface area contributed by atoms with Crippen LogP contribution in [0.25, 0.3) is 0 Å². The van der Waals surface area contributed by atoms with E-state index in [-0.39, 0.29) is 17.5 Å². The number of rotatable bonds is 3. The van der Waals surface area contributed by atoms with E-state index in [2.05, 4.69) is 21.2 Å². The molecule has 2 aromatic rings. The summed E-state index contributed by atoms with van der Waals surface area (Å²) in [5, 5.41) is 2.63. The van der Waals surface area contributed by atoms with E-state index in [0.717, 1.165) is 4.47 Å². The van der Waals surface area contributed by atoms with E-state index < -0.39 is 5.82 Å². The summed E-state index contributed by atoms with van der Waals surface area (Å²) in [5.41, 5.74) is 1.11. The molecule has 0 saturated carbocycles. The maximum atomic E-state index is 13.5. The van der Waals surface area contributed by atoms with Crippen molar-refractivity contribution in [2.45, 2.75) is 6.92 Å². The van der Waals surface area contributed by atoms with Crippen LogP contribution in [0.2, 0.25) is 0 Å². The number of carbonyl (C=O) groups excluding carboxylic acids is 2. The average molecular weight is 365 g/mol. The highest BCUT2D eigenvalue weighted by Gasteiger charge is 2.15. The first-order chi connectivity index (χ1) is 10.4. The first-order valence-corrected chi connectivity index (χ1v) is 7.28. The highest BCUT2D eigenvalue weighted by molar-refractivity contribution is 9.10. The molecule has 4 nitrogen and oxygen atoms in total. The molecular weight excluding hydrogens is 351 g/mol. The summed E-state index contributed by atoms with van der Waals surface area (Å²) in [5.74, 6) is -1.09. The van der Waals surface area contributed by atoms with E-state index in [4.69, 9.17) is 0 Å². The minimum Gasteiger partial charge on any atom is -0.320 e. The third-order valence-corrected chi connectivity index (χ3v) is 3.68. The molecule has 0 heterocycles. The van der Waals surface area contributed by atoms with Crippen LogP contribution in [0.4, 0.5) is 15.8 Å². The molecule has 0 fully saturated rings. The molecule has 0 bridgehead atoms. The smallest absolute Gasteiger partial charge is 0.255 e. The monoisotopic (exact) mass is 364 g/mol. The summed E-state index contributed by atoms with van der Waals surface area (Å²) in [7, 11) is 1.56. The molecular formula is C16H14BrFN2O2. The lowest BCUT2D eigenvalue weighted by molar-refractivity contribution is -0.116. The molecule has 0 spiro atoms. The summed E-state index contributed by atoms with van der Waals surface area (Å²) < 4.78 is 14.3. The molecule has 0 aromatic heterocycles. The predicted molar refractivity (Wildman–Crippen MR) is 87.6 cm³/mol. The molecule has 114 valence electrons. The summed E-state index contributed by atoms with van der Waals surface area (Å²) in [4.78, 5) is 25.1. The Morgan fingerprint density at radius 3 is 2.36 bits per heavy atom. The van der Waals surface area contributed by atoms with Crippen molar-refractivity contribution in [2.75, 3.05) is 17.3 Å². The number of benzene rings is 2. The summed E-state index contributed by atoms with van der Waals surface area (Å²) >= 11 is 3.29. The quantitative estimate of drug-likeness (QED) is 0.899. The van der Waals surface area contributed by atoms with Crippen molar-refractivity contribution >= 4 is 39.1 Å². The van der Waals surface area contributed by atoms with E-state index in [9.17, 15) is 14.0 Å². The fraction of sp³-hybridized carbons (Fsp3) is 0.125. The number of hydrogen-bond donors (Lipinski definition) is 1. The molecule has 2 aromatic carbocycles. The van der Waals surface area contributed by atoms with Crippen LogP contribution >= 0.6 is 15.9 Å². The molecule has 0 unspecified atom stereocenters. The van der Waals surface area contributed by atoms with Gasteiger partial charge in [-0.3, -0.25) is 9.59 Å². The molecule has 0 aliphatic heterocycles. The largest absolute Gasteiger partial charge is 0.320 e. The van der Waals surface area contributed by atoms with Crippen molar-refractivity contribution in [1.82, 2.24) is 0 Å². The lowest BCUT2D eigenvalue weighted by Gasteiger charge is -2.19. The Morgan fingerprint density at radius 2 is 1.77 bits per heavy atom. The standard InChI is InChI=1S/C16H14BrFN2O2/c1-10(21)20(2)15-8-7-13(18)9-14(15)19-16(22)11-3-5-12(17)6-4-11/h3-9H,1-2H3,(H,19,22).